The summed E-state index contributed by atoms with van der Waals surface area (Å²) >= 11 is 0. The summed E-state index contributed by atoms with van der Waals surface area (Å²) < 4.78 is 5.67. The van der Waals surface area contributed by atoms with E-state index in [-0.39, 0.29) is 11.7 Å². The molecule has 0 saturated heterocycles. The minimum absolute atomic E-state index is 0.254. The Labute approximate surface area is 106 Å². The van der Waals surface area contributed by atoms with Crippen molar-refractivity contribution < 1.29 is 9.21 Å². The Morgan fingerprint density at radius 3 is 2.89 bits per heavy atom. The van der Waals surface area contributed by atoms with Crippen LogP contribution in [0.4, 0.5) is 0 Å². The average molecular weight is 243 g/mol. The lowest BCUT2D eigenvalue weighted by Gasteiger charge is -1.96. The molecular weight excluding hydrogens is 226 g/mol. The van der Waals surface area contributed by atoms with Crippen molar-refractivity contribution in [1.82, 2.24) is 4.98 Å². The molecule has 0 amide bonds. The van der Waals surface area contributed by atoms with Gasteiger partial charge in [0.15, 0.2) is 17.3 Å². The molecule has 3 nitrogen and oxygen atoms in total. The number of hydrogen-bond donors (Lipinski definition) is 0. The molecule has 2 aromatic rings. The second-order valence-corrected chi connectivity index (χ2v) is 5.53. The summed E-state index contributed by atoms with van der Waals surface area (Å²) in [7, 11) is 0. The van der Waals surface area contributed by atoms with E-state index in [2.05, 4.69) is 18.8 Å². The van der Waals surface area contributed by atoms with E-state index in [1.807, 2.05) is 18.2 Å². The van der Waals surface area contributed by atoms with Crippen LogP contribution in [0.5, 0.6) is 0 Å². The molecule has 0 bridgehead atoms. The molecule has 1 heterocycles. The van der Waals surface area contributed by atoms with Crippen LogP contribution >= 0.6 is 0 Å². The Morgan fingerprint density at radius 2 is 2.22 bits per heavy atom. The van der Waals surface area contributed by atoms with Gasteiger partial charge in [-0.25, -0.2) is 4.98 Å². The smallest absolute Gasteiger partial charge is 0.195 e. The van der Waals surface area contributed by atoms with E-state index in [1.54, 1.807) is 0 Å². The van der Waals surface area contributed by atoms with E-state index in [0.29, 0.717) is 5.92 Å². The van der Waals surface area contributed by atoms with Crippen molar-refractivity contribution in [2.24, 2.45) is 11.8 Å². The van der Waals surface area contributed by atoms with Crippen molar-refractivity contribution >= 4 is 16.9 Å². The zero-order valence-corrected chi connectivity index (χ0v) is 10.8. The molecule has 1 saturated carbocycles. The Morgan fingerprint density at radius 1 is 1.44 bits per heavy atom. The number of ketones is 1. The third-order valence-electron chi connectivity index (χ3n) is 3.25. The molecule has 0 spiro atoms. The number of Topliss-reactive ketones (excluding diaryl/α,β-unsaturated/α-hetero) is 1. The van der Waals surface area contributed by atoms with E-state index in [0.717, 1.165) is 41.8 Å². The molecule has 1 aliphatic rings. The number of rotatable bonds is 4. The maximum absolute atomic E-state index is 12.0. The summed E-state index contributed by atoms with van der Waals surface area (Å²) in [5, 5.41) is 0. The minimum atomic E-state index is 0.254. The van der Waals surface area contributed by atoms with Gasteiger partial charge in [-0.1, -0.05) is 13.8 Å². The van der Waals surface area contributed by atoms with Gasteiger partial charge in [0.1, 0.15) is 5.52 Å². The highest BCUT2D eigenvalue weighted by atomic mass is 16.3. The molecule has 0 aliphatic heterocycles. The van der Waals surface area contributed by atoms with Crippen LogP contribution in [0.1, 0.15) is 42.9 Å². The van der Waals surface area contributed by atoms with Crippen LogP contribution < -0.4 is 0 Å². The molecule has 1 aliphatic carbocycles. The highest BCUT2D eigenvalue weighted by Gasteiger charge is 2.30. The normalized spacial score (nSPS) is 15.5. The lowest BCUT2D eigenvalue weighted by Crippen LogP contribution is -2.00. The van der Waals surface area contributed by atoms with E-state index < -0.39 is 0 Å². The van der Waals surface area contributed by atoms with Crippen molar-refractivity contribution in [2.45, 2.75) is 33.1 Å². The summed E-state index contributed by atoms with van der Waals surface area (Å²) in [6.07, 6.45) is 2.91. The first-order valence-corrected chi connectivity index (χ1v) is 6.57. The molecule has 94 valence electrons. The van der Waals surface area contributed by atoms with Crippen molar-refractivity contribution in [2.75, 3.05) is 0 Å². The molecule has 1 aromatic heterocycles. The Kier molecular flexibility index (Phi) is 2.69. The van der Waals surface area contributed by atoms with Gasteiger partial charge in [0.05, 0.1) is 0 Å². The van der Waals surface area contributed by atoms with Gasteiger partial charge in [-0.05, 0) is 37.0 Å². The van der Waals surface area contributed by atoms with Crippen LogP contribution in [0, 0.1) is 11.8 Å². The molecule has 0 N–H and O–H groups in total. The molecule has 1 aromatic carbocycles. The Hall–Kier alpha value is -1.64. The molecule has 0 unspecified atom stereocenters. The molecule has 0 atom stereocenters. The number of carbonyl (C=O) groups is 1. The monoisotopic (exact) mass is 243 g/mol. The van der Waals surface area contributed by atoms with Crippen LogP contribution in [0.2, 0.25) is 0 Å². The number of oxazole rings is 1. The van der Waals surface area contributed by atoms with Gasteiger partial charge < -0.3 is 4.42 Å². The molecule has 18 heavy (non-hydrogen) atoms. The van der Waals surface area contributed by atoms with Gasteiger partial charge in [0.25, 0.3) is 0 Å². The van der Waals surface area contributed by atoms with Crippen molar-refractivity contribution in [3.05, 3.63) is 29.7 Å². The summed E-state index contributed by atoms with van der Waals surface area (Å²) in [4.78, 5) is 16.4. The fourth-order valence-corrected chi connectivity index (χ4v) is 2.15. The predicted molar refractivity (Wildman–Crippen MR) is 69.6 cm³/mol. The van der Waals surface area contributed by atoms with Gasteiger partial charge in [0.2, 0.25) is 0 Å². The van der Waals surface area contributed by atoms with Crippen molar-refractivity contribution in [1.29, 1.82) is 0 Å². The highest BCUT2D eigenvalue weighted by molar-refractivity contribution is 6.01. The number of fused-ring (bicyclic) bond motifs is 1. The van der Waals surface area contributed by atoms with Gasteiger partial charge in [-0.2, -0.15) is 0 Å². The second kappa shape index (κ2) is 4.23. The largest absolute Gasteiger partial charge is 0.441 e. The van der Waals surface area contributed by atoms with Crippen LogP contribution in [0.3, 0.4) is 0 Å². The molecule has 3 rings (SSSR count). The average Bonchev–Trinajstić information content (AvgIpc) is 3.08. The van der Waals surface area contributed by atoms with Gasteiger partial charge in [0, 0.05) is 17.9 Å². The first kappa shape index (κ1) is 11.5. The molecule has 3 heteroatoms. The zero-order valence-electron chi connectivity index (χ0n) is 10.8. The quantitative estimate of drug-likeness (QED) is 0.770. The summed E-state index contributed by atoms with van der Waals surface area (Å²) in [6, 6.07) is 5.58. The van der Waals surface area contributed by atoms with Crippen LogP contribution in [-0.2, 0) is 6.42 Å². The van der Waals surface area contributed by atoms with Crippen LogP contribution in [0.25, 0.3) is 11.1 Å². The van der Waals surface area contributed by atoms with E-state index in [1.165, 1.54) is 0 Å². The molecule has 1 fully saturated rings. The van der Waals surface area contributed by atoms with Gasteiger partial charge in [-0.15, -0.1) is 0 Å². The standard InChI is InChI=1S/C15H17NO2/c1-9(2)7-14-16-12-8-11(5-6-13(12)18-14)15(17)10-3-4-10/h5-6,8-10H,3-4,7H2,1-2H3. The maximum Gasteiger partial charge on any atom is 0.195 e. The second-order valence-electron chi connectivity index (χ2n) is 5.53. The first-order chi connectivity index (χ1) is 8.63. The number of hydrogen-bond acceptors (Lipinski definition) is 3. The number of carbonyl (C=O) groups excluding carboxylic acids is 1. The lowest BCUT2D eigenvalue weighted by atomic mass is 10.1. The first-order valence-electron chi connectivity index (χ1n) is 6.57. The third kappa shape index (κ3) is 2.17. The Balaban J connectivity index is 1.93. The van der Waals surface area contributed by atoms with Crippen molar-refractivity contribution in [3.8, 4) is 0 Å². The summed E-state index contributed by atoms with van der Waals surface area (Å²) in [5.74, 6) is 1.79. The lowest BCUT2D eigenvalue weighted by molar-refractivity contribution is 0.0968. The van der Waals surface area contributed by atoms with Crippen LogP contribution in [-0.4, -0.2) is 10.8 Å². The van der Waals surface area contributed by atoms with E-state index >= 15 is 0 Å². The minimum Gasteiger partial charge on any atom is -0.441 e. The number of aromatic nitrogens is 1. The SMILES string of the molecule is CC(C)Cc1nc2cc(C(=O)C3CC3)ccc2o1. The van der Waals surface area contributed by atoms with Crippen molar-refractivity contribution in [3.63, 3.8) is 0 Å². The fourth-order valence-electron chi connectivity index (χ4n) is 2.15. The zero-order chi connectivity index (χ0) is 12.7. The third-order valence-corrected chi connectivity index (χ3v) is 3.25. The summed E-state index contributed by atoms with van der Waals surface area (Å²) in [6.45, 7) is 4.27. The van der Waals surface area contributed by atoms with Crippen LogP contribution in [0.15, 0.2) is 22.6 Å². The highest BCUT2D eigenvalue weighted by Crippen LogP contribution is 2.33. The predicted octanol–water partition coefficient (Wildman–Crippen LogP) is 3.62. The Bertz CT molecular complexity index is 594. The topological polar surface area (TPSA) is 43.1 Å². The van der Waals surface area contributed by atoms with Gasteiger partial charge in [-0.3, -0.25) is 4.79 Å². The molecule has 0 radical (unpaired) electrons. The maximum atomic E-state index is 12.0. The molecular formula is C15H17NO2. The number of nitrogens with zero attached hydrogens (tertiary/aromatic N) is 1. The fraction of sp³-hybridized carbons (Fsp3) is 0.467. The number of benzene rings is 1. The summed E-state index contributed by atoms with van der Waals surface area (Å²) in [5.41, 5.74) is 2.35. The van der Waals surface area contributed by atoms with Gasteiger partial charge >= 0.3 is 0 Å². The van der Waals surface area contributed by atoms with E-state index in [9.17, 15) is 4.79 Å². The van der Waals surface area contributed by atoms with E-state index in [4.69, 9.17) is 4.42 Å².